The number of anilines is 1. The van der Waals surface area contributed by atoms with Crippen molar-refractivity contribution in [3.05, 3.63) is 11.8 Å². The molecule has 106 valence electrons. The van der Waals surface area contributed by atoms with Gasteiger partial charge in [-0.15, -0.1) is 11.8 Å². The van der Waals surface area contributed by atoms with Gasteiger partial charge in [0.25, 0.3) is 0 Å². The van der Waals surface area contributed by atoms with Crippen molar-refractivity contribution in [2.24, 2.45) is 5.84 Å². The Balaban J connectivity index is 2.10. The SMILES string of the molecule is NNc1nc(SCC2CCCO2)cc(C(F)(F)F)n1. The molecule has 2 heterocycles. The van der Waals surface area contributed by atoms with Crippen LogP contribution in [0.25, 0.3) is 0 Å². The number of nitrogens with zero attached hydrogens (tertiary/aromatic N) is 2. The van der Waals surface area contributed by atoms with Crippen LogP contribution in [-0.2, 0) is 10.9 Å². The van der Waals surface area contributed by atoms with Crippen molar-refractivity contribution in [2.75, 3.05) is 17.8 Å². The maximum Gasteiger partial charge on any atom is 0.433 e. The first kappa shape index (κ1) is 14.4. The average Bonchev–Trinajstić information content (AvgIpc) is 2.88. The van der Waals surface area contributed by atoms with Crippen molar-refractivity contribution >= 4 is 17.7 Å². The Hall–Kier alpha value is -1.06. The lowest BCUT2D eigenvalue weighted by Gasteiger charge is -2.11. The highest BCUT2D eigenvalue weighted by Crippen LogP contribution is 2.31. The zero-order valence-electron chi connectivity index (χ0n) is 9.91. The summed E-state index contributed by atoms with van der Waals surface area (Å²) in [5.41, 5.74) is 1.03. The summed E-state index contributed by atoms with van der Waals surface area (Å²) in [6, 6.07) is 0.917. The van der Waals surface area contributed by atoms with Crippen molar-refractivity contribution in [2.45, 2.75) is 30.1 Å². The minimum atomic E-state index is -4.52. The summed E-state index contributed by atoms with van der Waals surface area (Å²) in [4.78, 5) is 7.17. The minimum absolute atomic E-state index is 0.0728. The molecule has 0 radical (unpaired) electrons. The summed E-state index contributed by atoms with van der Waals surface area (Å²) in [7, 11) is 0. The number of thioether (sulfide) groups is 1. The van der Waals surface area contributed by atoms with Crippen molar-refractivity contribution < 1.29 is 17.9 Å². The van der Waals surface area contributed by atoms with Crippen molar-refractivity contribution in [1.82, 2.24) is 9.97 Å². The van der Waals surface area contributed by atoms with Gasteiger partial charge in [-0.3, -0.25) is 5.43 Å². The summed E-state index contributed by atoms with van der Waals surface area (Å²) < 4.78 is 43.3. The molecule has 1 aromatic rings. The van der Waals surface area contributed by atoms with Gasteiger partial charge in [0.1, 0.15) is 5.03 Å². The second-order valence-electron chi connectivity index (χ2n) is 4.00. The van der Waals surface area contributed by atoms with Crippen LogP contribution in [-0.4, -0.2) is 28.4 Å². The van der Waals surface area contributed by atoms with Crippen LogP contribution in [0.4, 0.5) is 19.1 Å². The molecule has 1 fully saturated rings. The van der Waals surface area contributed by atoms with Gasteiger partial charge >= 0.3 is 6.18 Å². The highest BCUT2D eigenvalue weighted by molar-refractivity contribution is 7.99. The Labute approximate surface area is 112 Å². The van der Waals surface area contributed by atoms with E-state index in [9.17, 15) is 13.2 Å². The molecule has 1 aromatic heterocycles. The van der Waals surface area contributed by atoms with E-state index in [1.54, 1.807) is 0 Å². The van der Waals surface area contributed by atoms with Gasteiger partial charge in [-0.25, -0.2) is 15.8 Å². The van der Waals surface area contributed by atoms with Crippen LogP contribution in [0, 0.1) is 0 Å². The van der Waals surface area contributed by atoms with Crippen LogP contribution < -0.4 is 11.3 Å². The van der Waals surface area contributed by atoms with E-state index in [-0.39, 0.29) is 17.1 Å². The average molecular weight is 294 g/mol. The largest absolute Gasteiger partial charge is 0.433 e. The van der Waals surface area contributed by atoms with Gasteiger partial charge in [-0.2, -0.15) is 13.2 Å². The molecule has 9 heteroatoms. The zero-order valence-corrected chi connectivity index (χ0v) is 10.7. The van der Waals surface area contributed by atoms with Gasteiger partial charge in [0.05, 0.1) is 6.10 Å². The lowest BCUT2D eigenvalue weighted by molar-refractivity contribution is -0.141. The molecule has 1 aliphatic rings. The van der Waals surface area contributed by atoms with Crippen LogP contribution in [0.2, 0.25) is 0 Å². The number of rotatable bonds is 4. The number of nitrogens with one attached hydrogen (secondary N) is 1. The molecule has 19 heavy (non-hydrogen) atoms. The monoisotopic (exact) mass is 294 g/mol. The quantitative estimate of drug-likeness (QED) is 0.383. The molecule has 5 nitrogen and oxygen atoms in total. The number of nitrogens with two attached hydrogens (primary N) is 1. The number of ether oxygens (including phenoxy) is 1. The summed E-state index contributed by atoms with van der Waals surface area (Å²) in [5, 5.41) is 0.228. The number of nitrogen functional groups attached to an aromatic ring is 1. The van der Waals surface area contributed by atoms with E-state index in [0.717, 1.165) is 18.9 Å². The van der Waals surface area contributed by atoms with Crippen LogP contribution in [0.3, 0.4) is 0 Å². The third kappa shape index (κ3) is 3.95. The van der Waals surface area contributed by atoms with E-state index >= 15 is 0 Å². The Morgan fingerprint density at radius 1 is 1.47 bits per heavy atom. The van der Waals surface area contributed by atoms with Crippen molar-refractivity contribution in [1.29, 1.82) is 0 Å². The van der Waals surface area contributed by atoms with Gasteiger partial charge in [0.15, 0.2) is 5.69 Å². The van der Waals surface area contributed by atoms with Crippen molar-refractivity contribution in [3.63, 3.8) is 0 Å². The molecule has 0 saturated carbocycles. The minimum Gasteiger partial charge on any atom is -0.377 e. The summed E-state index contributed by atoms with van der Waals surface area (Å²) in [6.45, 7) is 0.707. The molecular weight excluding hydrogens is 281 g/mol. The maximum atomic E-state index is 12.6. The maximum absolute atomic E-state index is 12.6. The van der Waals surface area contributed by atoms with Gasteiger partial charge in [0.2, 0.25) is 5.95 Å². The highest BCUT2D eigenvalue weighted by Gasteiger charge is 2.33. The topological polar surface area (TPSA) is 73.1 Å². The number of halogens is 3. The molecule has 3 N–H and O–H groups in total. The summed E-state index contributed by atoms with van der Waals surface area (Å²) >= 11 is 1.21. The van der Waals surface area contributed by atoms with Crippen molar-refractivity contribution in [3.8, 4) is 0 Å². The summed E-state index contributed by atoms with van der Waals surface area (Å²) in [6.07, 6.45) is -2.54. The Bertz CT molecular complexity index is 437. The van der Waals surface area contributed by atoms with Crippen LogP contribution in [0.1, 0.15) is 18.5 Å². The molecule has 1 atom stereocenters. The Morgan fingerprint density at radius 2 is 2.26 bits per heavy atom. The molecule has 1 aliphatic heterocycles. The van der Waals surface area contributed by atoms with Gasteiger partial charge in [-0.1, -0.05) is 0 Å². The Kier molecular flexibility index (Phi) is 4.48. The first-order valence-electron chi connectivity index (χ1n) is 5.66. The summed E-state index contributed by atoms with van der Waals surface area (Å²) in [5.74, 6) is 5.39. The predicted octanol–water partition coefficient (Wildman–Crippen LogP) is 2.05. The molecule has 2 rings (SSSR count). The molecule has 0 amide bonds. The van der Waals surface area contributed by atoms with Gasteiger partial charge < -0.3 is 4.74 Å². The fourth-order valence-corrected chi connectivity index (χ4v) is 2.63. The van der Waals surface area contributed by atoms with E-state index in [0.29, 0.717) is 12.4 Å². The van der Waals surface area contributed by atoms with E-state index in [2.05, 4.69) is 9.97 Å². The second-order valence-corrected chi connectivity index (χ2v) is 5.04. The molecular formula is C10H13F3N4OS. The van der Waals surface area contributed by atoms with Gasteiger partial charge in [0, 0.05) is 18.4 Å². The van der Waals surface area contributed by atoms with Crippen LogP contribution in [0.5, 0.6) is 0 Å². The third-order valence-corrected chi connectivity index (χ3v) is 3.61. The predicted molar refractivity (Wildman–Crippen MR) is 64.5 cm³/mol. The third-order valence-electron chi connectivity index (χ3n) is 2.56. The number of alkyl halides is 3. The fourth-order valence-electron chi connectivity index (χ4n) is 1.66. The van der Waals surface area contributed by atoms with E-state index in [1.165, 1.54) is 11.8 Å². The first-order chi connectivity index (χ1) is 8.99. The molecule has 1 saturated heterocycles. The lowest BCUT2D eigenvalue weighted by atomic mass is 10.3. The number of hydrogen-bond donors (Lipinski definition) is 2. The highest BCUT2D eigenvalue weighted by atomic mass is 32.2. The second kappa shape index (κ2) is 5.93. The Morgan fingerprint density at radius 3 is 2.84 bits per heavy atom. The first-order valence-corrected chi connectivity index (χ1v) is 6.65. The zero-order chi connectivity index (χ0) is 13.9. The fraction of sp³-hybridized carbons (Fsp3) is 0.600. The lowest BCUT2D eigenvalue weighted by Crippen LogP contribution is -2.16. The van der Waals surface area contributed by atoms with E-state index in [4.69, 9.17) is 10.6 Å². The normalized spacial score (nSPS) is 19.7. The van der Waals surface area contributed by atoms with E-state index < -0.39 is 11.9 Å². The molecule has 0 bridgehead atoms. The molecule has 0 aliphatic carbocycles. The molecule has 0 aromatic carbocycles. The molecule has 0 spiro atoms. The van der Waals surface area contributed by atoms with Gasteiger partial charge in [-0.05, 0) is 12.8 Å². The van der Waals surface area contributed by atoms with E-state index in [1.807, 2.05) is 5.43 Å². The smallest absolute Gasteiger partial charge is 0.377 e. The van der Waals surface area contributed by atoms with Crippen LogP contribution >= 0.6 is 11.8 Å². The number of hydrogen-bond acceptors (Lipinski definition) is 6. The standard InChI is InChI=1S/C10H13F3N4OS/c11-10(12,13)7-4-8(16-9(15-7)17-14)19-5-6-2-1-3-18-6/h4,6H,1-3,5,14H2,(H,15,16,17). The molecule has 1 unspecified atom stereocenters. The van der Waals surface area contributed by atoms with Crippen LogP contribution in [0.15, 0.2) is 11.1 Å². The number of hydrazine groups is 1. The number of aromatic nitrogens is 2.